The Labute approximate surface area is 114 Å². The first-order valence-electron chi connectivity index (χ1n) is 6.81. The summed E-state index contributed by atoms with van der Waals surface area (Å²) < 4.78 is 0.422. The quantitative estimate of drug-likeness (QED) is 0.885. The van der Waals surface area contributed by atoms with E-state index < -0.39 is 0 Å². The first-order chi connectivity index (χ1) is 8.67. The van der Waals surface area contributed by atoms with E-state index in [1.54, 1.807) is 0 Å². The van der Waals surface area contributed by atoms with E-state index in [-0.39, 0.29) is 0 Å². The Kier molecular flexibility index (Phi) is 4.49. The van der Waals surface area contributed by atoms with Crippen LogP contribution in [0.2, 0.25) is 0 Å². The van der Waals surface area contributed by atoms with Crippen molar-refractivity contribution in [1.29, 1.82) is 0 Å². The van der Waals surface area contributed by atoms with Crippen LogP contribution in [-0.2, 0) is 6.42 Å². The molecule has 1 N–H and O–H groups in total. The second kappa shape index (κ2) is 5.91. The van der Waals surface area contributed by atoms with Crippen molar-refractivity contribution in [3.63, 3.8) is 0 Å². The van der Waals surface area contributed by atoms with Gasteiger partial charge >= 0.3 is 0 Å². The van der Waals surface area contributed by atoms with Gasteiger partial charge in [0.25, 0.3) is 0 Å². The van der Waals surface area contributed by atoms with Crippen LogP contribution in [0.4, 0.5) is 5.82 Å². The molecule has 0 unspecified atom stereocenters. The Morgan fingerprint density at radius 3 is 2.67 bits per heavy atom. The predicted octanol–water partition coefficient (Wildman–Crippen LogP) is 3.44. The van der Waals surface area contributed by atoms with Crippen molar-refractivity contribution in [3.05, 3.63) is 17.6 Å². The fourth-order valence-corrected chi connectivity index (χ4v) is 3.54. The van der Waals surface area contributed by atoms with Gasteiger partial charge in [-0.15, -0.1) is 0 Å². The van der Waals surface area contributed by atoms with E-state index in [1.165, 1.54) is 25.7 Å². The first-order valence-corrected chi connectivity index (χ1v) is 8.03. The van der Waals surface area contributed by atoms with Gasteiger partial charge in [-0.2, -0.15) is 11.8 Å². The Morgan fingerprint density at radius 1 is 1.33 bits per heavy atom. The minimum atomic E-state index is 0.422. The zero-order valence-corrected chi connectivity index (χ0v) is 12.4. The number of thioether (sulfide) groups is 1. The van der Waals surface area contributed by atoms with Gasteiger partial charge in [0.15, 0.2) is 0 Å². The topological polar surface area (TPSA) is 37.8 Å². The molecular formula is C14H23N3S. The Hall–Kier alpha value is -0.770. The summed E-state index contributed by atoms with van der Waals surface area (Å²) in [4.78, 5) is 8.89. The lowest BCUT2D eigenvalue weighted by molar-refractivity contribution is 0.638. The van der Waals surface area contributed by atoms with Crippen LogP contribution in [0.25, 0.3) is 0 Å². The van der Waals surface area contributed by atoms with Crippen molar-refractivity contribution in [2.24, 2.45) is 0 Å². The number of anilines is 1. The van der Waals surface area contributed by atoms with Crippen molar-refractivity contribution in [2.45, 2.75) is 50.7 Å². The van der Waals surface area contributed by atoms with Crippen LogP contribution in [0.5, 0.6) is 0 Å². The highest BCUT2D eigenvalue weighted by Gasteiger charge is 2.32. The Morgan fingerprint density at radius 2 is 2.06 bits per heavy atom. The number of hydrogen-bond acceptors (Lipinski definition) is 4. The van der Waals surface area contributed by atoms with Crippen molar-refractivity contribution in [3.8, 4) is 0 Å². The largest absolute Gasteiger partial charge is 0.369 e. The highest BCUT2D eigenvalue weighted by molar-refractivity contribution is 8.00. The third kappa shape index (κ3) is 3.16. The van der Waals surface area contributed by atoms with Gasteiger partial charge in [-0.3, -0.25) is 0 Å². The van der Waals surface area contributed by atoms with Gasteiger partial charge in [0, 0.05) is 23.1 Å². The molecule has 0 bridgehead atoms. The van der Waals surface area contributed by atoms with Crippen molar-refractivity contribution >= 4 is 17.6 Å². The van der Waals surface area contributed by atoms with E-state index in [2.05, 4.69) is 34.5 Å². The summed E-state index contributed by atoms with van der Waals surface area (Å²) in [7, 11) is 0. The standard InChI is InChI=1S/C14H23N3S/c1-4-12-9-13(17-11(2)16-12)15-10-14(18-3)7-5-6-8-14/h9H,4-8,10H2,1-3H3,(H,15,16,17). The highest BCUT2D eigenvalue weighted by atomic mass is 32.2. The van der Waals surface area contributed by atoms with Gasteiger partial charge in [0.05, 0.1) is 0 Å². The summed E-state index contributed by atoms with van der Waals surface area (Å²) in [6.07, 6.45) is 8.58. The molecule has 0 spiro atoms. The fourth-order valence-electron chi connectivity index (χ4n) is 2.63. The van der Waals surface area contributed by atoms with Gasteiger partial charge in [-0.1, -0.05) is 19.8 Å². The van der Waals surface area contributed by atoms with Crippen LogP contribution in [0.1, 0.15) is 44.1 Å². The van der Waals surface area contributed by atoms with Crippen LogP contribution in [-0.4, -0.2) is 27.5 Å². The smallest absolute Gasteiger partial charge is 0.129 e. The number of hydrogen-bond donors (Lipinski definition) is 1. The van der Waals surface area contributed by atoms with Gasteiger partial charge in [0.2, 0.25) is 0 Å². The Balaban J connectivity index is 2.03. The molecule has 4 heteroatoms. The molecule has 3 nitrogen and oxygen atoms in total. The number of aromatic nitrogens is 2. The number of aryl methyl sites for hydroxylation is 2. The van der Waals surface area contributed by atoms with E-state index in [4.69, 9.17) is 0 Å². The average molecular weight is 265 g/mol. The maximum atomic E-state index is 4.48. The zero-order valence-electron chi connectivity index (χ0n) is 11.6. The molecule has 18 heavy (non-hydrogen) atoms. The second-order valence-corrected chi connectivity index (χ2v) is 6.37. The number of nitrogens with zero attached hydrogens (tertiary/aromatic N) is 2. The molecule has 0 saturated heterocycles. The molecule has 1 aliphatic carbocycles. The predicted molar refractivity (Wildman–Crippen MR) is 79.4 cm³/mol. The van der Waals surface area contributed by atoms with Crippen LogP contribution in [0.15, 0.2) is 6.07 Å². The maximum Gasteiger partial charge on any atom is 0.129 e. The first kappa shape index (κ1) is 13.7. The van der Waals surface area contributed by atoms with Crippen LogP contribution in [0, 0.1) is 6.92 Å². The summed E-state index contributed by atoms with van der Waals surface area (Å²) in [5.74, 6) is 1.85. The van der Waals surface area contributed by atoms with Gasteiger partial charge in [-0.25, -0.2) is 9.97 Å². The molecule has 2 rings (SSSR count). The van der Waals surface area contributed by atoms with Crippen LogP contribution in [0.3, 0.4) is 0 Å². The van der Waals surface area contributed by atoms with E-state index >= 15 is 0 Å². The van der Waals surface area contributed by atoms with E-state index in [0.717, 1.165) is 30.3 Å². The van der Waals surface area contributed by atoms with E-state index in [0.29, 0.717) is 4.75 Å². The lowest BCUT2D eigenvalue weighted by atomic mass is 10.1. The third-order valence-corrected chi connectivity index (χ3v) is 5.21. The normalized spacial score (nSPS) is 17.9. The molecule has 0 aliphatic heterocycles. The molecule has 0 radical (unpaired) electrons. The average Bonchev–Trinajstić information content (AvgIpc) is 2.85. The maximum absolute atomic E-state index is 4.48. The van der Waals surface area contributed by atoms with E-state index in [9.17, 15) is 0 Å². The molecule has 100 valence electrons. The summed E-state index contributed by atoms with van der Waals surface area (Å²) in [6.45, 7) is 5.12. The van der Waals surface area contributed by atoms with Gasteiger partial charge < -0.3 is 5.32 Å². The molecule has 0 aromatic carbocycles. The molecule has 0 atom stereocenters. The van der Waals surface area contributed by atoms with Crippen molar-refractivity contribution in [2.75, 3.05) is 18.1 Å². The van der Waals surface area contributed by atoms with Crippen LogP contribution >= 0.6 is 11.8 Å². The highest BCUT2D eigenvalue weighted by Crippen LogP contribution is 2.40. The second-order valence-electron chi connectivity index (χ2n) is 5.09. The Bertz CT molecular complexity index is 400. The van der Waals surface area contributed by atoms with Gasteiger partial charge in [-0.05, 0) is 32.4 Å². The molecule has 0 amide bonds. The molecular weight excluding hydrogens is 242 g/mol. The minimum absolute atomic E-state index is 0.422. The summed E-state index contributed by atoms with van der Waals surface area (Å²) in [6, 6.07) is 2.08. The SMILES string of the molecule is CCc1cc(NCC2(SC)CCCC2)nc(C)n1. The lowest BCUT2D eigenvalue weighted by Crippen LogP contribution is -2.30. The van der Waals surface area contributed by atoms with E-state index in [1.807, 2.05) is 18.7 Å². The summed E-state index contributed by atoms with van der Waals surface area (Å²) in [5, 5.41) is 3.52. The minimum Gasteiger partial charge on any atom is -0.369 e. The third-order valence-electron chi connectivity index (χ3n) is 3.79. The molecule has 1 saturated carbocycles. The lowest BCUT2D eigenvalue weighted by Gasteiger charge is -2.27. The van der Waals surface area contributed by atoms with Crippen molar-refractivity contribution < 1.29 is 0 Å². The zero-order chi connectivity index (χ0) is 13.0. The monoisotopic (exact) mass is 265 g/mol. The number of rotatable bonds is 5. The fraction of sp³-hybridized carbons (Fsp3) is 0.714. The van der Waals surface area contributed by atoms with Crippen LogP contribution < -0.4 is 5.32 Å². The summed E-state index contributed by atoms with van der Waals surface area (Å²) >= 11 is 2.01. The molecule has 1 heterocycles. The molecule has 1 aromatic heterocycles. The number of nitrogens with one attached hydrogen (secondary N) is 1. The van der Waals surface area contributed by atoms with Gasteiger partial charge in [0.1, 0.15) is 11.6 Å². The molecule has 1 aliphatic rings. The molecule has 1 aromatic rings. The molecule has 1 fully saturated rings. The van der Waals surface area contributed by atoms with Crippen molar-refractivity contribution in [1.82, 2.24) is 9.97 Å². The summed E-state index contributed by atoms with van der Waals surface area (Å²) in [5.41, 5.74) is 1.12.